The molecule has 3 nitrogen and oxygen atoms in total. The van der Waals surface area contributed by atoms with Crippen LogP contribution in [0.3, 0.4) is 0 Å². The number of benzene rings is 1. The van der Waals surface area contributed by atoms with Gasteiger partial charge in [-0.25, -0.2) is 0 Å². The van der Waals surface area contributed by atoms with E-state index in [2.05, 4.69) is 0 Å². The van der Waals surface area contributed by atoms with Crippen molar-refractivity contribution in [3.05, 3.63) is 23.3 Å². The van der Waals surface area contributed by atoms with Crippen LogP contribution in [-0.2, 0) is 11.2 Å². The van der Waals surface area contributed by atoms with Crippen LogP contribution in [0.5, 0.6) is 11.5 Å². The van der Waals surface area contributed by atoms with Gasteiger partial charge in [0, 0.05) is 12.5 Å². The van der Waals surface area contributed by atoms with E-state index in [1.165, 1.54) is 0 Å². The monoisotopic (exact) mass is 208 g/mol. The van der Waals surface area contributed by atoms with Gasteiger partial charge in [0.2, 0.25) is 0 Å². The van der Waals surface area contributed by atoms with Crippen molar-refractivity contribution in [2.75, 3.05) is 14.2 Å². The van der Waals surface area contributed by atoms with Crippen molar-refractivity contribution in [3.8, 4) is 11.5 Å². The van der Waals surface area contributed by atoms with Gasteiger partial charge in [-0.3, -0.25) is 4.79 Å². The fourth-order valence-electron chi connectivity index (χ4n) is 1.50. The maximum absolute atomic E-state index is 11.1. The van der Waals surface area contributed by atoms with Crippen LogP contribution < -0.4 is 9.47 Å². The van der Waals surface area contributed by atoms with Crippen LogP contribution in [0.25, 0.3) is 0 Å². The highest BCUT2D eigenvalue weighted by Gasteiger charge is 2.09. The molecule has 1 aromatic rings. The number of hydrogen-bond acceptors (Lipinski definition) is 3. The van der Waals surface area contributed by atoms with E-state index in [1.54, 1.807) is 21.1 Å². The summed E-state index contributed by atoms with van der Waals surface area (Å²) in [4.78, 5) is 11.1. The van der Waals surface area contributed by atoms with Gasteiger partial charge in [-0.2, -0.15) is 0 Å². The summed E-state index contributed by atoms with van der Waals surface area (Å²) in [5, 5.41) is 0. The Bertz CT molecular complexity index is 369. The summed E-state index contributed by atoms with van der Waals surface area (Å²) in [7, 11) is 3.21. The molecule has 0 aliphatic rings. The van der Waals surface area contributed by atoms with E-state index in [0.717, 1.165) is 16.9 Å². The Morgan fingerprint density at radius 2 is 1.93 bits per heavy atom. The maximum atomic E-state index is 11.1. The van der Waals surface area contributed by atoms with Gasteiger partial charge in [0.25, 0.3) is 0 Å². The first-order valence-electron chi connectivity index (χ1n) is 4.79. The number of methoxy groups -OCH3 is 2. The molecule has 0 saturated heterocycles. The quantitative estimate of drug-likeness (QED) is 0.760. The molecule has 0 bridgehead atoms. The summed E-state index contributed by atoms with van der Waals surface area (Å²) < 4.78 is 10.4. The van der Waals surface area contributed by atoms with E-state index < -0.39 is 0 Å². The van der Waals surface area contributed by atoms with Crippen LogP contribution in [0.15, 0.2) is 12.1 Å². The predicted octanol–water partition coefficient (Wildman–Crippen LogP) is 2.14. The van der Waals surface area contributed by atoms with Gasteiger partial charge in [0.05, 0.1) is 14.2 Å². The SMILES string of the molecule is COc1cc(CC(C)=O)c(C)c(OC)c1. The molecule has 82 valence electrons. The molecule has 0 aliphatic heterocycles. The van der Waals surface area contributed by atoms with Gasteiger partial charge >= 0.3 is 0 Å². The van der Waals surface area contributed by atoms with Crippen LogP contribution >= 0.6 is 0 Å². The highest BCUT2D eigenvalue weighted by Crippen LogP contribution is 2.28. The first kappa shape index (κ1) is 11.6. The standard InChI is InChI=1S/C12H16O3/c1-8(13)5-10-6-11(14-3)7-12(15-4)9(10)2/h6-7H,5H2,1-4H3. The van der Waals surface area contributed by atoms with E-state index in [9.17, 15) is 4.79 Å². The third-order valence-corrected chi connectivity index (χ3v) is 2.34. The Morgan fingerprint density at radius 1 is 1.27 bits per heavy atom. The number of carbonyl (C=O) groups excluding carboxylic acids is 1. The van der Waals surface area contributed by atoms with Crippen molar-refractivity contribution in [1.82, 2.24) is 0 Å². The van der Waals surface area contributed by atoms with Gasteiger partial charge in [0.1, 0.15) is 17.3 Å². The molecule has 0 atom stereocenters. The van der Waals surface area contributed by atoms with Gasteiger partial charge < -0.3 is 9.47 Å². The topological polar surface area (TPSA) is 35.5 Å². The van der Waals surface area contributed by atoms with Crippen LogP contribution in [-0.4, -0.2) is 20.0 Å². The lowest BCUT2D eigenvalue weighted by atomic mass is 10.0. The lowest BCUT2D eigenvalue weighted by Crippen LogP contribution is -2.01. The number of hydrogen-bond donors (Lipinski definition) is 0. The lowest BCUT2D eigenvalue weighted by molar-refractivity contribution is -0.116. The molecule has 0 aromatic heterocycles. The Balaban J connectivity index is 3.17. The zero-order valence-electron chi connectivity index (χ0n) is 9.59. The first-order chi connectivity index (χ1) is 7.08. The molecule has 0 unspecified atom stereocenters. The van der Waals surface area contributed by atoms with E-state index in [-0.39, 0.29) is 5.78 Å². The number of ketones is 1. The van der Waals surface area contributed by atoms with Crippen LogP contribution in [0.4, 0.5) is 0 Å². The third-order valence-electron chi connectivity index (χ3n) is 2.34. The summed E-state index contributed by atoms with van der Waals surface area (Å²) in [6.45, 7) is 3.52. The lowest BCUT2D eigenvalue weighted by Gasteiger charge is -2.11. The first-order valence-corrected chi connectivity index (χ1v) is 4.79. The second kappa shape index (κ2) is 4.82. The Labute approximate surface area is 90.0 Å². The van der Waals surface area contributed by atoms with Crippen LogP contribution in [0.2, 0.25) is 0 Å². The summed E-state index contributed by atoms with van der Waals surface area (Å²) in [6.07, 6.45) is 0.416. The molecule has 1 rings (SSSR count). The second-order valence-corrected chi connectivity index (χ2v) is 3.49. The summed E-state index contributed by atoms with van der Waals surface area (Å²) in [6, 6.07) is 3.69. The third kappa shape index (κ3) is 2.72. The molecule has 0 N–H and O–H groups in total. The van der Waals surface area contributed by atoms with E-state index in [0.29, 0.717) is 12.2 Å². The van der Waals surface area contributed by atoms with Crippen molar-refractivity contribution in [1.29, 1.82) is 0 Å². The molecule has 0 heterocycles. The largest absolute Gasteiger partial charge is 0.497 e. The summed E-state index contributed by atoms with van der Waals surface area (Å²) in [5.74, 6) is 1.60. The highest BCUT2D eigenvalue weighted by atomic mass is 16.5. The number of ether oxygens (including phenoxy) is 2. The Morgan fingerprint density at radius 3 is 2.40 bits per heavy atom. The molecular formula is C12H16O3. The maximum Gasteiger partial charge on any atom is 0.134 e. The Hall–Kier alpha value is -1.51. The van der Waals surface area contributed by atoms with Crippen molar-refractivity contribution < 1.29 is 14.3 Å². The number of rotatable bonds is 4. The average Bonchev–Trinajstić information content (AvgIpc) is 2.20. The fraction of sp³-hybridized carbons (Fsp3) is 0.417. The van der Waals surface area contributed by atoms with Crippen molar-refractivity contribution in [2.24, 2.45) is 0 Å². The van der Waals surface area contributed by atoms with Crippen molar-refractivity contribution >= 4 is 5.78 Å². The fourth-order valence-corrected chi connectivity index (χ4v) is 1.50. The Kier molecular flexibility index (Phi) is 3.72. The highest BCUT2D eigenvalue weighted by molar-refractivity contribution is 5.79. The second-order valence-electron chi connectivity index (χ2n) is 3.49. The average molecular weight is 208 g/mol. The minimum Gasteiger partial charge on any atom is -0.497 e. The zero-order chi connectivity index (χ0) is 11.4. The molecule has 0 spiro atoms. The molecule has 0 aliphatic carbocycles. The number of Topliss-reactive ketones (excluding diaryl/α,β-unsaturated/α-hetero) is 1. The van der Waals surface area contributed by atoms with Crippen LogP contribution in [0.1, 0.15) is 18.1 Å². The molecule has 0 fully saturated rings. The van der Waals surface area contributed by atoms with E-state index in [4.69, 9.17) is 9.47 Å². The minimum atomic E-state index is 0.133. The predicted molar refractivity (Wildman–Crippen MR) is 58.7 cm³/mol. The molecule has 0 saturated carbocycles. The van der Waals surface area contributed by atoms with E-state index in [1.807, 2.05) is 19.1 Å². The molecular weight excluding hydrogens is 192 g/mol. The van der Waals surface area contributed by atoms with Gasteiger partial charge in [-0.05, 0) is 31.0 Å². The minimum absolute atomic E-state index is 0.133. The molecule has 1 aromatic carbocycles. The van der Waals surface area contributed by atoms with Gasteiger partial charge in [-0.1, -0.05) is 0 Å². The van der Waals surface area contributed by atoms with Crippen molar-refractivity contribution in [2.45, 2.75) is 20.3 Å². The summed E-state index contributed by atoms with van der Waals surface area (Å²) >= 11 is 0. The van der Waals surface area contributed by atoms with E-state index >= 15 is 0 Å². The normalized spacial score (nSPS) is 9.87. The smallest absolute Gasteiger partial charge is 0.134 e. The molecule has 3 heteroatoms. The molecule has 0 amide bonds. The molecule has 0 radical (unpaired) electrons. The van der Waals surface area contributed by atoms with Gasteiger partial charge in [0.15, 0.2) is 0 Å². The number of carbonyl (C=O) groups is 1. The zero-order valence-corrected chi connectivity index (χ0v) is 9.59. The van der Waals surface area contributed by atoms with Crippen molar-refractivity contribution in [3.63, 3.8) is 0 Å². The van der Waals surface area contributed by atoms with Crippen LogP contribution in [0, 0.1) is 6.92 Å². The molecule has 15 heavy (non-hydrogen) atoms. The van der Waals surface area contributed by atoms with Gasteiger partial charge in [-0.15, -0.1) is 0 Å². The summed E-state index contributed by atoms with van der Waals surface area (Å²) in [5.41, 5.74) is 1.95.